The topological polar surface area (TPSA) is 95.9 Å². The van der Waals surface area contributed by atoms with E-state index in [2.05, 4.69) is 21.2 Å². The number of ether oxygens (including phenoxy) is 1. The molecular weight excluding hydrogens is 392 g/mol. The Hall–Kier alpha value is -1.77. The van der Waals surface area contributed by atoms with Crippen molar-refractivity contribution in [2.45, 2.75) is 32.5 Å². The van der Waals surface area contributed by atoms with Gasteiger partial charge in [-0.3, -0.25) is 9.69 Å². The highest BCUT2D eigenvalue weighted by molar-refractivity contribution is 9.10. The van der Waals surface area contributed by atoms with E-state index in [0.717, 1.165) is 22.0 Å². The van der Waals surface area contributed by atoms with E-state index in [1.807, 2.05) is 24.3 Å². The lowest BCUT2D eigenvalue weighted by atomic mass is 10.0. The molecule has 2 rings (SSSR count). The Morgan fingerprint density at radius 3 is 2.40 bits per heavy atom. The summed E-state index contributed by atoms with van der Waals surface area (Å²) in [5.41, 5.74) is 0.967. The molecule has 1 aromatic rings. The van der Waals surface area contributed by atoms with Crippen LogP contribution in [0.5, 0.6) is 0 Å². The first-order valence-corrected chi connectivity index (χ1v) is 8.59. The Bertz CT molecular complexity index is 591. The smallest absolute Gasteiger partial charge is 0.325 e. The number of halogens is 1. The summed E-state index contributed by atoms with van der Waals surface area (Å²) in [6, 6.07) is 5.58. The second kappa shape index (κ2) is 10.3. The molecule has 3 amide bonds. The Labute approximate surface area is 155 Å². The highest BCUT2D eigenvalue weighted by Gasteiger charge is 2.42. The number of hydrogen-bond acceptors (Lipinski definition) is 5. The molecule has 0 radical (unpaired) electrons. The fourth-order valence-electron chi connectivity index (χ4n) is 2.33. The Morgan fingerprint density at radius 1 is 1.28 bits per heavy atom. The van der Waals surface area contributed by atoms with Crippen LogP contribution in [0.4, 0.5) is 4.79 Å². The van der Waals surface area contributed by atoms with Gasteiger partial charge in [-0.2, -0.15) is 0 Å². The summed E-state index contributed by atoms with van der Waals surface area (Å²) in [4.78, 5) is 36.4. The maximum atomic E-state index is 12.3. The molecule has 7 nitrogen and oxygen atoms in total. The zero-order chi connectivity index (χ0) is 19.0. The standard InChI is InChI=1S/C16H19BrN2O4.CH4O/c1-10(2)14(7-20)19-15(21)13(18-16(19)22)9-23-8-11-3-5-12(17)6-4-11;1-2/h3-7,10,13-14H,8-9H2,1-2H3,(H,18,22);2H,1H3. The second-order valence-electron chi connectivity index (χ2n) is 5.72. The van der Waals surface area contributed by atoms with E-state index in [1.54, 1.807) is 13.8 Å². The molecule has 1 heterocycles. The normalized spacial score (nSPS) is 17.8. The van der Waals surface area contributed by atoms with Crippen LogP contribution < -0.4 is 5.32 Å². The van der Waals surface area contributed by atoms with Gasteiger partial charge < -0.3 is 20.0 Å². The average molecular weight is 415 g/mol. The van der Waals surface area contributed by atoms with Crippen LogP contribution in [-0.4, -0.2) is 54.0 Å². The van der Waals surface area contributed by atoms with Crippen molar-refractivity contribution in [3.63, 3.8) is 0 Å². The monoisotopic (exact) mass is 414 g/mol. The molecule has 2 unspecified atom stereocenters. The number of hydrogen-bond donors (Lipinski definition) is 2. The lowest BCUT2D eigenvalue weighted by molar-refractivity contribution is -0.133. The lowest BCUT2D eigenvalue weighted by Gasteiger charge is -2.23. The molecular formula is C17H23BrN2O5. The molecule has 0 bridgehead atoms. The number of aliphatic hydroxyl groups is 1. The van der Waals surface area contributed by atoms with Crippen LogP contribution in [0.3, 0.4) is 0 Å². The number of nitrogens with zero attached hydrogens (tertiary/aromatic N) is 1. The van der Waals surface area contributed by atoms with Gasteiger partial charge in [0.1, 0.15) is 12.3 Å². The van der Waals surface area contributed by atoms with E-state index in [-0.39, 0.29) is 12.5 Å². The number of amides is 3. The van der Waals surface area contributed by atoms with Crippen LogP contribution in [0, 0.1) is 5.92 Å². The zero-order valence-electron chi connectivity index (χ0n) is 14.4. The first kappa shape index (κ1) is 21.3. The molecule has 0 aliphatic carbocycles. The summed E-state index contributed by atoms with van der Waals surface area (Å²) in [5, 5.41) is 9.56. The van der Waals surface area contributed by atoms with Crippen molar-refractivity contribution in [3.8, 4) is 0 Å². The van der Waals surface area contributed by atoms with Crippen LogP contribution >= 0.6 is 15.9 Å². The SMILES string of the molecule is CC(C)C(C=O)N1C(=O)NC(COCc2ccc(Br)cc2)C1=O.CO. The number of urea groups is 1. The summed E-state index contributed by atoms with van der Waals surface area (Å²) >= 11 is 3.35. The summed E-state index contributed by atoms with van der Waals surface area (Å²) in [7, 11) is 1.00. The molecule has 1 fully saturated rings. The zero-order valence-corrected chi connectivity index (χ0v) is 16.0. The van der Waals surface area contributed by atoms with E-state index in [4.69, 9.17) is 9.84 Å². The number of nitrogens with one attached hydrogen (secondary N) is 1. The summed E-state index contributed by atoms with van der Waals surface area (Å²) in [6.45, 7) is 3.99. The molecule has 1 aromatic carbocycles. The maximum absolute atomic E-state index is 12.3. The molecule has 2 atom stereocenters. The predicted octanol–water partition coefficient (Wildman–Crippen LogP) is 1.72. The maximum Gasteiger partial charge on any atom is 0.325 e. The quantitative estimate of drug-likeness (QED) is 0.522. The number of benzene rings is 1. The molecule has 8 heteroatoms. The molecule has 1 aliphatic rings. The van der Waals surface area contributed by atoms with Gasteiger partial charge in [0.25, 0.3) is 5.91 Å². The van der Waals surface area contributed by atoms with Crippen molar-refractivity contribution < 1.29 is 24.2 Å². The second-order valence-corrected chi connectivity index (χ2v) is 6.64. The van der Waals surface area contributed by atoms with Crippen molar-refractivity contribution in [1.82, 2.24) is 10.2 Å². The first-order valence-electron chi connectivity index (χ1n) is 7.79. The van der Waals surface area contributed by atoms with Gasteiger partial charge >= 0.3 is 6.03 Å². The Kier molecular flexibility index (Phi) is 8.74. The van der Waals surface area contributed by atoms with Gasteiger partial charge in [-0.15, -0.1) is 0 Å². The minimum absolute atomic E-state index is 0.0702. The fraction of sp³-hybridized carbons (Fsp3) is 0.471. The molecule has 0 spiro atoms. The van der Waals surface area contributed by atoms with Gasteiger partial charge in [0, 0.05) is 11.6 Å². The minimum Gasteiger partial charge on any atom is -0.400 e. The van der Waals surface area contributed by atoms with Crippen molar-refractivity contribution in [2.75, 3.05) is 13.7 Å². The van der Waals surface area contributed by atoms with Crippen molar-refractivity contribution in [1.29, 1.82) is 0 Å². The van der Waals surface area contributed by atoms with Crippen molar-refractivity contribution in [2.24, 2.45) is 5.92 Å². The Morgan fingerprint density at radius 2 is 1.88 bits per heavy atom. The van der Waals surface area contributed by atoms with Gasteiger partial charge in [0.15, 0.2) is 0 Å². The largest absolute Gasteiger partial charge is 0.400 e. The molecule has 138 valence electrons. The molecule has 2 N–H and O–H groups in total. The third-order valence-electron chi connectivity index (χ3n) is 3.64. The molecule has 0 saturated carbocycles. The Balaban J connectivity index is 0.00000151. The third kappa shape index (κ3) is 5.62. The van der Waals surface area contributed by atoms with Crippen LogP contribution in [0.2, 0.25) is 0 Å². The van der Waals surface area contributed by atoms with Gasteiger partial charge in [0.05, 0.1) is 19.3 Å². The van der Waals surface area contributed by atoms with Crippen LogP contribution in [0.1, 0.15) is 19.4 Å². The fourth-order valence-corrected chi connectivity index (χ4v) is 2.60. The van der Waals surface area contributed by atoms with Gasteiger partial charge in [-0.05, 0) is 23.6 Å². The van der Waals surface area contributed by atoms with E-state index in [1.165, 1.54) is 0 Å². The highest BCUT2D eigenvalue weighted by Crippen LogP contribution is 2.17. The molecule has 25 heavy (non-hydrogen) atoms. The van der Waals surface area contributed by atoms with Gasteiger partial charge in [-0.1, -0.05) is 41.9 Å². The molecule has 0 aromatic heterocycles. The van der Waals surface area contributed by atoms with E-state index in [9.17, 15) is 14.4 Å². The van der Waals surface area contributed by atoms with Crippen molar-refractivity contribution in [3.05, 3.63) is 34.3 Å². The lowest BCUT2D eigenvalue weighted by Crippen LogP contribution is -2.45. The third-order valence-corrected chi connectivity index (χ3v) is 4.17. The molecule has 1 aliphatic heterocycles. The number of imide groups is 1. The van der Waals surface area contributed by atoms with Crippen molar-refractivity contribution >= 4 is 34.2 Å². The summed E-state index contributed by atoms with van der Waals surface area (Å²) < 4.78 is 6.49. The number of carbonyl (C=O) groups is 3. The van der Waals surface area contributed by atoms with Gasteiger partial charge in [-0.25, -0.2) is 4.79 Å². The summed E-state index contributed by atoms with van der Waals surface area (Å²) in [5.74, 6) is -0.554. The van der Waals surface area contributed by atoms with Gasteiger partial charge in [0.2, 0.25) is 0 Å². The average Bonchev–Trinajstić information content (AvgIpc) is 2.87. The number of carbonyl (C=O) groups excluding carboxylic acids is 3. The number of aldehydes is 1. The van der Waals surface area contributed by atoms with Crippen LogP contribution in [-0.2, 0) is 20.9 Å². The van der Waals surface area contributed by atoms with Crippen LogP contribution in [0.25, 0.3) is 0 Å². The number of aliphatic hydroxyl groups excluding tert-OH is 1. The predicted molar refractivity (Wildman–Crippen MR) is 95.8 cm³/mol. The minimum atomic E-state index is -0.751. The highest BCUT2D eigenvalue weighted by atomic mass is 79.9. The number of rotatable bonds is 7. The van der Waals surface area contributed by atoms with E-state index >= 15 is 0 Å². The van der Waals surface area contributed by atoms with E-state index < -0.39 is 24.0 Å². The first-order chi connectivity index (χ1) is 11.9. The molecule has 1 saturated heterocycles. The van der Waals surface area contributed by atoms with Crippen LogP contribution in [0.15, 0.2) is 28.7 Å². The summed E-state index contributed by atoms with van der Waals surface area (Å²) in [6.07, 6.45) is 0.632. The van der Waals surface area contributed by atoms with E-state index in [0.29, 0.717) is 12.9 Å².